The number of nitrogens with zero attached hydrogens (tertiary/aromatic N) is 4. The van der Waals surface area contributed by atoms with E-state index in [0.29, 0.717) is 23.2 Å². The summed E-state index contributed by atoms with van der Waals surface area (Å²) in [5, 5.41) is 17.7. The first-order valence-corrected chi connectivity index (χ1v) is 12.3. The molecule has 170 valence electrons. The molecule has 0 unspecified atom stereocenters. The number of tetrazole rings is 1. The lowest BCUT2D eigenvalue weighted by molar-refractivity contribution is 0.302. The van der Waals surface area contributed by atoms with Crippen LogP contribution in [0.1, 0.15) is 17.5 Å². The molecule has 0 bridgehead atoms. The zero-order chi connectivity index (χ0) is 22.9. The topological polar surface area (TPSA) is 64.9 Å². The molecule has 6 nitrogen and oxygen atoms in total. The summed E-state index contributed by atoms with van der Waals surface area (Å²) in [6.45, 7) is 1.91. The van der Waals surface area contributed by atoms with Crippen molar-refractivity contribution in [3.63, 3.8) is 0 Å². The summed E-state index contributed by atoms with van der Waals surface area (Å²) in [6, 6.07) is 23.2. The van der Waals surface area contributed by atoms with Crippen LogP contribution in [-0.2, 0) is 13.2 Å². The van der Waals surface area contributed by atoms with Crippen molar-refractivity contribution in [2.45, 2.75) is 24.7 Å². The second-order valence-electron chi connectivity index (χ2n) is 7.22. The summed E-state index contributed by atoms with van der Waals surface area (Å²) in [5.74, 6) is 1.69. The van der Waals surface area contributed by atoms with Gasteiger partial charge in [0.2, 0.25) is 5.16 Å². The van der Waals surface area contributed by atoms with Crippen LogP contribution in [0.25, 0.3) is 5.69 Å². The fourth-order valence-corrected chi connectivity index (χ4v) is 4.40. The Morgan fingerprint density at radius 1 is 0.939 bits per heavy atom. The maximum Gasteiger partial charge on any atom is 0.214 e. The number of halogens is 2. The van der Waals surface area contributed by atoms with Crippen LogP contribution in [0.3, 0.4) is 0 Å². The highest BCUT2D eigenvalue weighted by atomic mass is 35.5. The number of hydrogen-bond acceptors (Lipinski definition) is 6. The van der Waals surface area contributed by atoms with Crippen molar-refractivity contribution in [3.8, 4) is 11.4 Å². The van der Waals surface area contributed by atoms with Crippen molar-refractivity contribution in [3.05, 3.63) is 94.0 Å². The molecule has 9 heteroatoms. The number of benzene rings is 3. The molecule has 0 spiro atoms. The van der Waals surface area contributed by atoms with Gasteiger partial charge in [-0.3, -0.25) is 0 Å². The Morgan fingerprint density at radius 3 is 2.61 bits per heavy atom. The number of ether oxygens (including phenoxy) is 1. The minimum absolute atomic E-state index is 0.404. The number of rotatable bonds is 11. The fourth-order valence-electron chi connectivity index (χ4n) is 3.18. The zero-order valence-electron chi connectivity index (χ0n) is 17.8. The predicted octanol–water partition coefficient (Wildman–Crippen LogP) is 5.82. The van der Waals surface area contributed by atoms with Gasteiger partial charge in [-0.1, -0.05) is 71.4 Å². The highest BCUT2D eigenvalue weighted by Gasteiger charge is 2.09. The molecule has 1 aromatic heterocycles. The first kappa shape index (κ1) is 23.6. The average Bonchev–Trinajstić information content (AvgIpc) is 3.31. The van der Waals surface area contributed by atoms with Gasteiger partial charge in [-0.05, 0) is 59.8 Å². The third-order valence-electron chi connectivity index (χ3n) is 4.85. The smallest absolute Gasteiger partial charge is 0.214 e. The molecule has 0 amide bonds. The third-order valence-corrected chi connectivity index (χ3v) is 6.46. The highest BCUT2D eigenvalue weighted by Crippen LogP contribution is 2.25. The van der Waals surface area contributed by atoms with E-state index in [1.807, 2.05) is 72.8 Å². The van der Waals surface area contributed by atoms with E-state index in [-0.39, 0.29) is 0 Å². The van der Waals surface area contributed by atoms with E-state index in [2.05, 4.69) is 20.8 Å². The summed E-state index contributed by atoms with van der Waals surface area (Å²) in [5.41, 5.74) is 2.91. The monoisotopic (exact) mass is 499 g/mol. The molecule has 0 saturated heterocycles. The van der Waals surface area contributed by atoms with Crippen LogP contribution >= 0.6 is 35.0 Å². The van der Waals surface area contributed by atoms with Gasteiger partial charge in [0.05, 0.1) is 5.69 Å². The van der Waals surface area contributed by atoms with Gasteiger partial charge in [0.25, 0.3) is 0 Å². The molecule has 0 aliphatic rings. The van der Waals surface area contributed by atoms with Crippen LogP contribution in [-0.4, -0.2) is 32.5 Å². The molecule has 0 saturated carbocycles. The summed E-state index contributed by atoms with van der Waals surface area (Å²) in [6.07, 6.45) is 0.961. The lowest BCUT2D eigenvalue weighted by Gasteiger charge is -2.13. The summed E-state index contributed by atoms with van der Waals surface area (Å²) < 4.78 is 7.79. The summed E-state index contributed by atoms with van der Waals surface area (Å²) in [7, 11) is 0. The van der Waals surface area contributed by atoms with Crippen molar-refractivity contribution in [2.24, 2.45) is 0 Å². The highest BCUT2D eigenvalue weighted by molar-refractivity contribution is 7.99. The van der Waals surface area contributed by atoms with Crippen LogP contribution in [0, 0.1) is 0 Å². The van der Waals surface area contributed by atoms with Crippen LogP contribution < -0.4 is 10.1 Å². The molecule has 4 aromatic rings. The Morgan fingerprint density at radius 2 is 1.76 bits per heavy atom. The molecule has 1 N–H and O–H groups in total. The standard InChI is InChI=1S/C24H23Cl2N5OS/c25-20-11-12-23(32-17-18-7-4-5-10-22(18)26)19(15-20)16-27-13-6-14-33-24-28-29-30-31(24)21-8-2-1-3-9-21/h1-5,7-12,15,27H,6,13-14,16-17H2. The van der Waals surface area contributed by atoms with E-state index in [1.54, 1.807) is 16.4 Å². The molecule has 1 heterocycles. The molecule has 0 radical (unpaired) electrons. The Balaban J connectivity index is 1.24. The molecule has 4 rings (SSSR count). The maximum atomic E-state index is 6.24. The molecular weight excluding hydrogens is 477 g/mol. The largest absolute Gasteiger partial charge is 0.489 e. The normalized spacial score (nSPS) is 11.0. The fraction of sp³-hybridized carbons (Fsp3) is 0.208. The summed E-state index contributed by atoms with van der Waals surface area (Å²) in [4.78, 5) is 0. The molecule has 0 atom stereocenters. The van der Waals surface area contributed by atoms with Crippen LogP contribution in [0.2, 0.25) is 10.0 Å². The Kier molecular flexibility index (Phi) is 8.60. The molecule has 0 aliphatic carbocycles. The zero-order valence-corrected chi connectivity index (χ0v) is 20.2. The van der Waals surface area contributed by atoms with Gasteiger partial charge in [-0.2, -0.15) is 4.68 Å². The molecule has 0 aliphatic heterocycles. The van der Waals surface area contributed by atoms with Crippen molar-refractivity contribution >= 4 is 35.0 Å². The van der Waals surface area contributed by atoms with Gasteiger partial charge in [-0.25, -0.2) is 0 Å². The Bertz CT molecular complexity index is 1170. The van der Waals surface area contributed by atoms with E-state index in [4.69, 9.17) is 27.9 Å². The van der Waals surface area contributed by atoms with Crippen molar-refractivity contribution < 1.29 is 4.74 Å². The quantitative estimate of drug-likeness (QED) is 0.207. The van der Waals surface area contributed by atoms with Gasteiger partial charge in [-0.15, -0.1) is 5.10 Å². The van der Waals surface area contributed by atoms with E-state index < -0.39 is 0 Å². The van der Waals surface area contributed by atoms with Crippen molar-refractivity contribution in [2.75, 3.05) is 12.3 Å². The number of aromatic nitrogens is 4. The number of nitrogens with one attached hydrogen (secondary N) is 1. The second kappa shape index (κ2) is 12.0. The van der Waals surface area contributed by atoms with Crippen molar-refractivity contribution in [1.82, 2.24) is 25.5 Å². The molecule has 33 heavy (non-hydrogen) atoms. The predicted molar refractivity (Wildman–Crippen MR) is 133 cm³/mol. The van der Waals surface area contributed by atoms with Crippen LogP contribution in [0.4, 0.5) is 0 Å². The molecule has 0 fully saturated rings. The Hall–Kier alpha value is -2.58. The Labute approximate surface area is 207 Å². The second-order valence-corrected chi connectivity index (χ2v) is 9.13. The van der Waals surface area contributed by atoms with E-state index >= 15 is 0 Å². The minimum atomic E-state index is 0.404. The lowest BCUT2D eigenvalue weighted by atomic mass is 10.2. The summed E-state index contributed by atoms with van der Waals surface area (Å²) >= 11 is 14.1. The van der Waals surface area contributed by atoms with Crippen molar-refractivity contribution in [1.29, 1.82) is 0 Å². The van der Waals surface area contributed by atoms with E-state index in [9.17, 15) is 0 Å². The first-order chi connectivity index (χ1) is 16.2. The molecular formula is C24H23Cl2N5OS. The van der Waals surface area contributed by atoms with Crippen LogP contribution in [0.15, 0.2) is 78.0 Å². The average molecular weight is 500 g/mol. The number of para-hydroxylation sites is 1. The van der Waals surface area contributed by atoms with Gasteiger partial charge in [0.15, 0.2) is 0 Å². The SMILES string of the molecule is Clc1ccc(OCc2ccccc2Cl)c(CNCCCSc2nnnn2-c2ccccc2)c1. The third kappa shape index (κ3) is 6.71. The van der Waals surface area contributed by atoms with E-state index in [0.717, 1.165) is 46.4 Å². The van der Waals surface area contributed by atoms with E-state index in [1.165, 1.54) is 0 Å². The maximum absolute atomic E-state index is 6.24. The molecule has 3 aromatic carbocycles. The lowest BCUT2D eigenvalue weighted by Crippen LogP contribution is -2.16. The van der Waals surface area contributed by atoms with Gasteiger partial charge in [0, 0.05) is 33.5 Å². The minimum Gasteiger partial charge on any atom is -0.489 e. The van der Waals surface area contributed by atoms with Crippen LogP contribution in [0.5, 0.6) is 5.75 Å². The van der Waals surface area contributed by atoms with Gasteiger partial charge in [0.1, 0.15) is 12.4 Å². The van der Waals surface area contributed by atoms with Gasteiger partial charge < -0.3 is 10.1 Å². The first-order valence-electron chi connectivity index (χ1n) is 10.5. The number of hydrogen-bond donors (Lipinski definition) is 1. The number of thioether (sulfide) groups is 1. The van der Waals surface area contributed by atoms with Gasteiger partial charge >= 0.3 is 0 Å².